The molecule has 2 unspecified atom stereocenters. The molecule has 3 heteroatoms. The van der Waals surface area contributed by atoms with Crippen LogP contribution in [0, 0.1) is 12.8 Å². The van der Waals surface area contributed by atoms with Crippen molar-refractivity contribution in [2.75, 3.05) is 7.11 Å². The van der Waals surface area contributed by atoms with Crippen molar-refractivity contribution in [2.24, 2.45) is 5.92 Å². The summed E-state index contributed by atoms with van der Waals surface area (Å²) in [6, 6.07) is 6.14. The van der Waals surface area contributed by atoms with Crippen LogP contribution in [0.2, 0.25) is 0 Å². The lowest BCUT2D eigenvalue weighted by molar-refractivity contribution is -0.142. The van der Waals surface area contributed by atoms with E-state index in [9.17, 15) is 9.90 Å². The second-order valence-electron chi connectivity index (χ2n) is 4.80. The molecular weight excluding hydrogens is 216 g/mol. The largest absolute Gasteiger partial charge is 0.469 e. The number of aliphatic hydroxyl groups is 1. The number of esters is 1. The highest BCUT2D eigenvalue weighted by atomic mass is 16.5. The molecule has 1 aromatic carbocycles. The van der Waals surface area contributed by atoms with Crippen LogP contribution in [0.3, 0.4) is 0 Å². The van der Waals surface area contributed by atoms with Gasteiger partial charge in [0, 0.05) is 6.42 Å². The van der Waals surface area contributed by atoms with E-state index in [1.807, 2.05) is 19.1 Å². The molecule has 0 bridgehead atoms. The number of aliphatic hydroxyl groups excluding tert-OH is 1. The summed E-state index contributed by atoms with van der Waals surface area (Å²) in [5.41, 5.74) is 3.34. The van der Waals surface area contributed by atoms with Crippen LogP contribution in [-0.4, -0.2) is 18.2 Å². The van der Waals surface area contributed by atoms with Crippen LogP contribution in [0.4, 0.5) is 0 Å². The van der Waals surface area contributed by atoms with Crippen molar-refractivity contribution in [1.29, 1.82) is 0 Å². The van der Waals surface area contributed by atoms with E-state index in [4.69, 9.17) is 0 Å². The molecule has 17 heavy (non-hydrogen) atoms. The first-order valence-electron chi connectivity index (χ1n) is 5.94. The summed E-state index contributed by atoms with van der Waals surface area (Å²) < 4.78 is 4.67. The molecular formula is C14H18O3. The van der Waals surface area contributed by atoms with Crippen molar-refractivity contribution < 1.29 is 14.6 Å². The number of hydrogen-bond acceptors (Lipinski definition) is 3. The van der Waals surface area contributed by atoms with Crippen LogP contribution in [0.15, 0.2) is 18.2 Å². The van der Waals surface area contributed by atoms with Gasteiger partial charge in [-0.15, -0.1) is 0 Å². The molecule has 2 rings (SSSR count). The van der Waals surface area contributed by atoms with Gasteiger partial charge in [0.25, 0.3) is 0 Å². The number of rotatable bonds is 2. The minimum Gasteiger partial charge on any atom is -0.469 e. The van der Waals surface area contributed by atoms with Crippen molar-refractivity contribution in [3.05, 3.63) is 34.9 Å². The molecule has 2 atom stereocenters. The first-order valence-corrected chi connectivity index (χ1v) is 5.94. The molecule has 0 fully saturated rings. The Morgan fingerprint density at radius 2 is 2.29 bits per heavy atom. The van der Waals surface area contributed by atoms with E-state index in [0.717, 1.165) is 23.1 Å². The standard InChI is InChI=1S/C14H18O3/c1-9-3-4-11-6-10(8-14(16)17-2)7-13(15)12(11)5-9/h3-5,10,13,15H,6-8H2,1-2H3. The number of fused-ring (bicyclic) bond motifs is 1. The molecule has 0 saturated heterocycles. The Morgan fingerprint density at radius 1 is 1.53 bits per heavy atom. The van der Waals surface area contributed by atoms with Crippen molar-refractivity contribution in [3.8, 4) is 0 Å². The number of ether oxygens (including phenoxy) is 1. The molecule has 1 aliphatic carbocycles. The quantitative estimate of drug-likeness (QED) is 0.798. The maximum absolute atomic E-state index is 11.2. The average molecular weight is 234 g/mol. The Hall–Kier alpha value is -1.35. The molecule has 92 valence electrons. The maximum atomic E-state index is 11.2. The summed E-state index contributed by atoms with van der Waals surface area (Å²) in [5, 5.41) is 10.1. The number of carbonyl (C=O) groups excluding carboxylic acids is 1. The average Bonchev–Trinajstić information content (AvgIpc) is 2.30. The van der Waals surface area contributed by atoms with Crippen molar-refractivity contribution in [3.63, 3.8) is 0 Å². The summed E-state index contributed by atoms with van der Waals surface area (Å²) in [6.07, 6.45) is 1.43. The smallest absolute Gasteiger partial charge is 0.305 e. The Labute approximate surface area is 101 Å². The zero-order chi connectivity index (χ0) is 12.4. The highest BCUT2D eigenvalue weighted by molar-refractivity contribution is 5.69. The van der Waals surface area contributed by atoms with Crippen LogP contribution in [-0.2, 0) is 16.0 Å². The molecule has 0 radical (unpaired) electrons. The molecule has 0 saturated carbocycles. The van der Waals surface area contributed by atoms with Gasteiger partial charge in [-0.25, -0.2) is 0 Å². The fourth-order valence-corrected chi connectivity index (χ4v) is 2.52. The van der Waals surface area contributed by atoms with Crippen molar-refractivity contribution in [1.82, 2.24) is 0 Å². The van der Waals surface area contributed by atoms with Gasteiger partial charge < -0.3 is 9.84 Å². The van der Waals surface area contributed by atoms with E-state index in [1.165, 1.54) is 7.11 Å². The van der Waals surface area contributed by atoms with Crippen LogP contribution in [0.5, 0.6) is 0 Å². The molecule has 0 heterocycles. The fraction of sp³-hybridized carbons (Fsp3) is 0.500. The Kier molecular flexibility index (Phi) is 3.48. The molecule has 0 amide bonds. The highest BCUT2D eigenvalue weighted by Gasteiger charge is 2.27. The lowest BCUT2D eigenvalue weighted by Crippen LogP contribution is -2.21. The molecule has 1 N–H and O–H groups in total. The van der Waals surface area contributed by atoms with Crippen molar-refractivity contribution >= 4 is 5.97 Å². The number of methoxy groups -OCH3 is 1. The summed E-state index contributed by atoms with van der Waals surface area (Å²) in [6.45, 7) is 2.02. The normalized spacial score (nSPS) is 23.0. The van der Waals surface area contributed by atoms with Gasteiger partial charge in [-0.05, 0) is 36.8 Å². The Morgan fingerprint density at radius 3 is 3.00 bits per heavy atom. The predicted molar refractivity (Wildman–Crippen MR) is 64.6 cm³/mol. The van der Waals surface area contributed by atoms with Crippen LogP contribution >= 0.6 is 0 Å². The van der Waals surface area contributed by atoms with Crippen LogP contribution < -0.4 is 0 Å². The number of aryl methyl sites for hydroxylation is 1. The van der Waals surface area contributed by atoms with E-state index in [1.54, 1.807) is 0 Å². The Balaban J connectivity index is 2.16. The highest BCUT2D eigenvalue weighted by Crippen LogP contribution is 2.35. The van der Waals surface area contributed by atoms with E-state index in [0.29, 0.717) is 12.8 Å². The summed E-state index contributed by atoms with van der Waals surface area (Å²) >= 11 is 0. The van der Waals surface area contributed by atoms with Gasteiger partial charge in [-0.3, -0.25) is 4.79 Å². The monoisotopic (exact) mass is 234 g/mol. The van der Waals surface area contributed by atoms with Crippen LogP contribution in [0.25, 0.3) is 0 Å². The van der Waals surface area contributed by atoms with Gasteiger partial charge in [-0.2, -0.15) is 0 Å². The first kappa shape index (κ1) is 12.1. The minimum absolute atomic E-state index is 0.188. The second-order valence-corrected chi connectivity index (χ2v) is 4.80. The summed E-state index contributed by atoms with van der Waals surface area (Å²) in [7, 11) is 1.40. The predicted octanol–water partition coefficient (Wildman–Crippen LogP) is 2.15. The van der Waals surface area contributed by atoms with E-state index < -0.39 is 6.10 Å². The number of hydrogen-bond donors (Lipinski definition) is 1. The maximum Gasteiger partial charge on any atom is 0.305 e. The number of benzene rings is 1. The van der Waals surface area contributed by atoms with Crippen molar-refractivity contribution in [2.45, 2.75) is 32.3 Å². The molecule has 0 spiro atoms. The third-order valence-electron chi connectivity index (χ3n) is 3.41. The van der Waals surface area contributed by atoms with E-state index in [2.05, 4.69) is 10.8 Å². The minimum atomic E-state index is -0.451. The Bertz CT molecular complexity index is 425. The van der Waals surface area contributed by atoms with Gasteiger partial charge in [0.15, 0.2) is 0 Å². The third-order valence-corrected chi connectivity index (χ3v) is 3.41. The molecule has 0 aliphatic heterocycles. The number of carbonyl (C=O) groups is 1. The van der Waals surface area contributed by atoms with Gasteiger partial charge >= 0.3 is 5.97 Å². The van der Waals surface area contributed by atoms with Crippen LogP contribution in [0.1, 0.15) is 35.6 Å². The lowest BCUT2D eigenvalue weighted by Gasteiger charge is -2.28. The van der Waals surface area contributed by atoms with Gasteiger partial charge in [0.2, 0.25) is 0 Å². The van der Waals surface area contributed by atoms with Gasteiger partial charge in [-0.1, -0.05) is 23.8 Å². The van der Waals surface area contributed by atoms with Gasteiger partial charge in [0.05, 0.1) is 13.2 Å². The summed E-state index contributed by atoms with van der Waals surface area (Å²) in [5.74, 6) is -0.00887. The second kappa shape index (κ2) is 4.88. The topological polar surface area (TPSA) is 46.5 Å². The zero-order valence-electron chi connectivity index (χ0n) is 10.3. The molecule has 1 aliphatic rings. The lowest BCUT2D eigenvalue weighted by atomic mass is 9.80. The molecule has 0 aromatic heterocycles. The van der Waals surface area contributed by atoms with E-state index in [-0.39, 0.29) is 11.9 Å². The zero-order valence-corrected chi connectivity index (χ0v) is 10.3. The SMILES string of the molecule is COC(=O)CC1Cc2ccc(C)cc2C(O)C1. The summed E-state index contributed by atoms with van der Waals surface area (Å²) in [4.78, 5) is 11.2. The van der Waals surface area contributed by atoms with Gasteiger partial charge in [0.1, 0.15) is 0 Å². The molecule has 1 aromatic rings. The molecule has 3 nitrogen and oxygen atoms in total. The third kappa shape index (κ3) is 2.67. The first-order chi connectivity index (χ1) is 8.10. The van der Waals surface area contributed by atoms with E-state index >= 15 is 0 Å². The fourth-order valence-electron chi connectivity index (χ4n) is 2.52.